The molecule has 1 fully saturated rings. The highest BCUT2D eigenvalue weighted by molar-refractivity contribution is 9.10. The Bertz CT molecular complexity index is 353. The van der Waals surface area contributed by atoms with Crippen LogP contribution in [0.5, 0.6) is 0 Å². The summed E-state index contributed by atoms with van der Waals surface area (Å²) in [6.07, 6.45) is 3.83. The van der Waals surface area contributed by atoms with E-state index in [1.54, 1.807) is 6.20 Å². The zero-order valence-corrected chi connectivity index (χ0v) is 10.5. The van der Waals surface area contributed by atoms with Crippen LogP contribution in [0.4, 0.5) is 5.82 Å². The van der Waals surface area contributed by atoms with Gasteiger partial charge in [0, 0.05) is 12.1 Å². The largest absolute Gasteiger partial charge is 0.362 e. The molecule has 0 saturated heterocycles. The second-order valence-corrected chi connectivity index (χ2v) is 5.08. The highest BCUT2D eigenvalue weighted by atomic mass is 79.9. The van der Waals surface area contributed by atoms with Gasteiger partial charge in [-0.1, -0.05) is 11.6 Å². The first-order valence-corrected chi connectivity index (χ1v) is 6.01. The lowest BCUT2D eigenvalue weighted by Crippen LogP contribution is -2.23. The second kappa shape index (κ2) is 3.87. The molecule has 14 heavy (non-hydrogen) atoms. The number of rotatable bonds is 3. The van der Waals surface area contributed by atoms with E-state index in [-0.39, 0.29) is 5.54 Å². The maximum Gasteiger partial charge on any atom is 0.140 e. The van der Waals surface area contributed by atoms with Gasteiger partial charge in [-0.05, 0) is 34.8 Å². The lowest BCUT2D eigenvalue weighted by molar-refractivity contribution is 0.828. The highest BCUT2D eigenvalue weighted by Crippen LogP contribution is 2.40. The number of nitrogens with zero attached hydrogens (tertiary/aromatic N) is 1. The summed E-state index contributed by atoms with van der Waals surface area (Å²) in [5.74, 6) is 1.43. The summed E-state index contributed by atoms with van der Waals surface area (Å²) < 4.78 is 0.876. The van der Waals surface area contributed by atoms with E-state index in [0.717, 1.165) is 23.1 Å². The third kappa shape index (κ3) is 2.15. The van der Waals surface area contributed by atoms with Crippen LogP contribution in [0.2, 0.25) is 5.02 Å². The first kappa shape index (κ1) is 10.5. The first-order valence-electron chi connectivity index (χ1n) is 4.30. The Morgan fingerprint density at radius 3 is 2.79 bits per heavy atom. The average molecular weight is 296 g/mol. The maximum atomic E-state index is 5.86. The van der Waals surface area contributed by atoms with Gasteiger partial charge in [-0.2, -0.15) is 0 Å². The van der Waals surface area contributed by atoms with Crippen molar-refractivity contribution in [3.63, 3.8) is 0 Å². The number of pyridine rings is 1. The molecule has 0 aliphatic heterocycles. The quantitative estimate of drug-likeness (QED) is 0.861. The van der Waals surface area contributed by atoms with Gasteiger partial charge in [-0.25, -0.2) is 4.98 Å². The third-order valence-corrected chi connectivity index (χ3v) is 3.62. The lowest BCUT2D eigenvalue weighted by Gasteiger charge is -2.15. The van der Waals surface area contributed by atoms with Gasteiger partial charge in [0.25, 0.3) is 0 Å². The van der Waals surface area contributed by atoms with Crippen LogP contribution in [0.3, 0.4) is 0 Å². The summed E-state index contributed by atoms with van der Waals surface area (Å²) in [6.45, 7) is 0. The minimum atomic E-state index is 0.0604. The molecule has 1 aromatic heterocycles. The van der Waals surface area contributed by atoms with Crippen LogP contribution in [0, 0.1) is 0 Å². The van der Waals surface area contributed by atoms with Gasteiger partial charge in [-0.3, -0.25) is 0 Å². The van der Waals surface area contributed by atoms with Crippen molar-refractivity contribution in [2.24, 2.45) is 0 Å². The molecule has 0 unspecified atom stereocenters. The van der Waals surface area contributed by atoms with Crippen molar-refractivity contribution in [3.05, 3.63) is 21.8 Å². The van der Waals surface area contributed by atoms with Crippen LogP contribution in [0.25, 0.3) is 0 Å². The van der Waals surface area contributed by atoms with Gasteiger partial charge >= 0.3 is 0 Å². The molecule has 1 aliphatic rings. The predicted molar refractivity (Wildman–Crippen MR) is 63.3 cm³/mol. The lowest BCUT2D eigenvalue weighted by atomic mass is 10.3. The monoisotopic (exact) mass is 294 g/mol. The normalized spacial score (nSPS) is 17.9. The number of anilines is 1. The van der Waals surface area contributed by atoms with E-state index in [1.165, 1.54) is 0 Å². The van der Waals surface area contributed by atoms with Crippen molar-refractivity contribution < 1.29 is 0 Å². The van der Waals surface area contributed by atoms with E-state index in [2.05, 4.69) is 26.2 Å². The molecule has 76 valence electrons. The number of alkyl halides is 1. The Morgan fingerprint density at radius 2 is 2.29 bits per heavy atom. The van der Waals surface area contributed by atoms with E-state index in [1.807, 2.05) is 6.07 Å². The predicted octanol–water partition coefficient (Wildman–Crippen LogP) is 3.68. The molecule has 0 spiro atoms. The summed E-state index contributed by atoms with van der Waals surface area (Å²) in [5.41, 5.74) is 0.0604. The van der Waals surface area contributed by atoms with Crippen LogP contribution in [0.15, 0.2) is 16.7 Å². The Labute approximate surface area is 101 Å². The molecule has 1 aliphatic carbocycles. The van der Waals surface area contributed by atoms with Crippen molar-refractivity contribution in [2.75, 3.05) is 11.2 Å². The molecule has 0 amide bonds. The van der Waals surface area contributed by atoms with Gasteiger partial charge in [0.15, 0.2) is 0 Å². The molecule has 1 saturated carbocycles. The van der Waals surface area contributed by atoms with Crippen molar-refractivity contribution in [1.29, 1.82) is 0 Å². The molecular weight excluding hydrogens is 287 g/mol. The second-order valence-electron chi connectivity index (χ2n) is 3.52. The molecule has 0 radical (unpaired) electrons. The van der Waals surface area contributed by atoms with Crippen LogP contribution in [-0.4, -0.2) is 16.4 Å². The van der Waals surface area contributed by atoms with Crippen molar-refractivity contribution in [2.45, 2.75) is 18.4 Å². The van der Waals surface area contributed by atoms with E-state index < -0.39 is 0 Å². The number of hydrogen-bond acceptors (Lipinski definition) is 2. The molecule has 0 aromatic carbocycles. The third-order valence-electron chi connectivity index (χ3n) is 2.30. The summed E-state index contributed by atoms with van der Waals surface area (Å²) >= 11 is 15.1. The van der Waals surface area contributed by atoms with E-state index >= 15 is 0 Å². The Balaban J connectivity index is 2.17. The number of aromatic nitrogens is 1. The Kier molecular flexibility index (Phi) is 2.91. The smallest absolute Gasteiger partial charge is 0.140 e. The molecule has 0 bridgehead atoms. The molecule has 2 nitrogen and oxygen atoms in total. The molecule has 2 rings (SSSR count). The van der Waals surface area contributed by atoms with Crippen LogP contribution in [0.1, 0.15) is 12.8 Å². The van der Waals surface area contributed by atoms with E-state index in [9.17, 15) is 0 Å². The van der Waals surface area contributed by atoms with Gasteiger partial charge in [0.05, 0.1) is 15.0 Å². The summed E-state index contributed by atoms with van der Waals surface area (Å²) in [4.78, 5) is 4.20. The summed E-state index contributed by atoms with van der Waals surface area (Å²) in [6, 6.07) is 1.82. The Morgan fingerprint density at radius 1 is 1.57 bits per heavy atom. The van der Waals surface area contributed by atoms with Crippen molar-refractivity contribution in [1.82, 2.24) is 4.98 Å². The molecule has 5 heteroatoms. The van der Waals surface area contributed by atoms with Gasteiger partial charge < -0.3 is 5.32 Å². The molecule has 1 aromatic rings. The minimum Gasteiger partial charge on any atom is -0.362 e. The number of halogens is 3. The Hall–Kier alpha value is 0.01000. The van der Waals surface area contributed by atoms with E-state index in [0.29, 0.717) is 10.9 Å². The topological polar surface area (TPSA) is 24.9 Å². The van der Waals surface area contributed by atoms with Crippen LogP contribution >= 0.6 is 39.1 Å². The SMILES string of the molecule is ClCC1(Nc2ncc(Cl)cc2Br)CC1. The van der Waals surface area contributed by atoms with Crippen molar-refractivity contribution >= 4 is 44.9 Å². The van der Waals surface area contributed by atoms with Crippen molar-refractivity contribution in [3.8, 4) is 0 Å². The van der Waals surface area contributed by atoms with Gasteiger partial charge in [0.2, 0.25) is 0 Å². The summed E-state index contributed by atoms with van der Waals surface area (Å²) in [7, 11) is 0. The van der Waals surface area contributed by atoms with Gasteiger partial charge in [-0.15, -0.1) is 11.6 Å². The first-order chi connectivity index (χ1) is 6.65. The fourth-order valence-electron chi connectivity index (χ4n) is 1.20. The summed E-state index contributed by atoms with van der Waals surface area (Å²) in [5, 5.41) is 3.95. The van der Waals surface area contributed by atoms with E-state index in [4.69, 9.17) is 23.2 Å². The zero-order chi connectivity index (χ0) is 10.2. The fourth-order valence-corrected chi connectivity index (χ4v) is 2.27. The standard InChI is InChI=1S/C9H9BrCl2N2/c10-7-3-6(12)4-13-8(7)14-9(5-11)1-2-9/h3-4H,1-2,5H2,(H,13,14). The highest BCUT2D eigenvalue weighted by Gasteiger charge is 2.42. The number of hydrogen-bond donors (Lipinski definition) is 1. The average Bonchev–Trinajstić information content (AvgIpc) is 2.91. The molecule has 0 atom stereocenters. The minimum absolute atomic E-state index is 0.0604. The maximum absolute atomic E-state index is 5.86. The fraction of sp³-hybridized carbons (Fsp3) is 0.444. The molecule has 1 heterocycles. The van der Waals surface area contributed by atoms with Crippen LogP contribution in [-0.2, 0) is 0 Å². The number of nitrogens with one attached hydrogen (secondary N) is 1. The molecular formula is C9H9BrCl2N2. The zero-order valence-electron chi connectivity index (χ0n) is 7.36. The van der Waals surface area contributed by atoms with Gasteiger partial charge in [0.1, 0.15) is 5.82 Å². The molecule has 1 N–H and O–H groups in total. The van der Waals surface area contributed by atoms with Crippen LogP contribution < -0.4 is 5.32 Å².